The molecule has 0 saturated heterocycles. The number of amides is 1. The summed E-state index contributed by atoms with van der Waals surface area (Å²) in [7, 11) is 1.61. The van der Waals surface area contributed by atoms with Gasteiger partial charge in [-0.2, -0.15) is 0 Å². The molecule has 2 rings (SSSR count). The van der Waals surface area contributed by atoms with E-state index in [1.165, 1.54) is 6.42 Å². The Morgan fingerprint density at radius 1 is 1.26 bits per heavy atom. The van der Waals surface area contributed by atoms with Crippen molar-refractivity contribution < 1.29 is 9.53 Å². The molecule has 0 heterocycles. The van der Waals surface area contributed by atoms with E-state index in [0.717, 1.165) is 31.4 Å². The van der Waals surface area contributed by atoms with Crippen molar-refractivity contribution in [3.05, 3.63) is 29.8 Å². The van der Waals surface area contributed by atoms with E-state index < -0.39 is 0 Å². The summed E-state index contributed by atoms with van der Waals surface area (Å²) in [4.78, 5) is 12.3. The lowest BCUT2D eigenvalue weighted by Gasteiger charge is -2.36. The number of alkyl halides is 1. The van der Waals surface area contributed by atoms with Crippen molar-refractivity contribution in [3.63, 3.8) is 0 Å². The van der Waals surface area contributed by atoms with Gasteiger partial charge in [0.1, 0.15) is 5.75 Å². The van der Waals surface area contributed by atoms with E-state index in [9.17, 15) is 4.79 Å². The van der Waals surface area contributed by atoms with Crippen LogP contribution < -0.4 is 10.1 Å². The first-order valence-corrected chi connectivity index (χ1v) is 7.25. The standard InChI is InChI=1S/C15H20ClNO2/c1-19-13-7-5-12(6-8-13)14(18)17-15(11-16)9-3-2-4-10-15/h5-8H,2-4,9-11H2,1H3,(H,17,18). The highest BCUT2D eigenvalue weighted by atomic mass is 35.5. The summed E-state index contributed by atoms with van der Waals surface area (Å²) in [6.45, 7) is 0. The second-order valence-corrected chi connectivity index (χ2v) is 5.42. The predicted octanol–water partition coefficient (Wildman–Crippen LogP) is 3.37. The maximum absolute atomic E-state index is 12.3. The highest BCUT2D eigenvalue weighted by Crippen LogP contribution is 2.29. The lowest BCUT2D eigenvalue weighted by molar-refractivity contribution is 0.0885. The zero-order valence-electron chi connectivity index (χ0n) is 11.2. The highest BCUT2D eigenvalue weighted by Gasteiger charge is 2.32. The maximum atomic E-state index is 12.3. The summed E-state index contributed by atoms with van der Waals surface area (Å²) >= 11 is 6.08. The van der Waals surface area contributed by atoms with Crippen molar-refractivity contribution in [2.75, 3.05) is 13.0 Å². The fraction of sp³-hybridized carbons (Fsp3) is 0.533. The third-order valence-corrected chi connectivity index (χ3v) is 4.31. The Morgan fingerprint density at radius 3 is 2.42 bits per heavy atom. The van der Waals surface area contributed by atoms with Crippen LogP contribution >= 0.6 is 11.6 Å². The molecule has 0 atom stereocenters. The minimum absolute atomic E-state index is 0.0507. The zero-order valence-corrected chi connectivity index (χ0v) is 12.0. The summed E-state index contributed by atoms with van der Waals surface area (Å²) in [5.74, 6) is 1.18. The zero-order chi connectivity index (χ0) is 13.7. The SMILES string of the molecule is COc1ccc(C(=O)NC2(CCl)CCCCC2)cc1. The first-order valence-electron chi connectivity index (χ1n) is 6.72. The molecule has 3 nitrogen and oxygen atoms in total. The van der Waals surface area contributed by atoms with Crippen LogP contribution in [-0.2, 0) is 0 Å². The molecule has 1 aromatic carbocycles. The van der Waals surface area contributed by atoms with Crippen molar-refractivity contribution in [1.82, 2.24) is 5.32 Å². The van der Waals surface area contributed by atoms with E-state index >= 15 is 0 Å². The average molecular weight is 282 g/mol. The molecular weight excluding hydrogens is 262 g/mol. The topological polar surface area (TPSA) is 38.3 Å². The van der Waals surface area contributed by atoms with Gasteiger partial charge in [0, 0.05) is 11.4 Å². The van der Waals surface area contributed by atoms with Crippen LogP contribution in [0.5, 0.6) is 5.75 Å². The molecule has 0 aromatic heterocycles. The minimum atomic E-state index is -0.225. The van der Waals surface area contributed by atoms with Crippen molar-refractivity contribution in [3.8, 4) is 5.75 Å². The molecule has 0 unspecified atom stereocenters. The van der Waals surface area contributed by atoms with E-state index in [0.29, 0.717) is 11.4 Å². The van der Waals surface area contributed by atoms with Crippen molar-refractivity contribution in [2.45, 2.75) is 37.6 Å². The maximum Gasteiger partial charge on any atom is 0.251 e. The number of ether oxygens (including phenoxy) is 1. The molecule has 19 heavy (non-hydrogen) atoms. The molecule has 4 heteroatoms. The lowest BCUT2D eigenvalue weighted by Crippen LogP contribution is -2.51. The molecule has 104 valence electrons. The van der Waals surface area contributed by atoms with Gasteiger partial charge < -0.3 is 10.1 Å². The number of hydrogen-bond acceptors (Lipinski definition) is 2. The quantitative estimate of drug-likeness (QED) is 0.860. The number of benzene rings is 1. The number of nitrogens with one attached hydrogen (secondary N) is 1. The monoisotopic (exact) mass is 281 g/mol. The molecular formula is C15H20ClNO2. The van der Waals surface area contributed by atoms with Gasteiger partial charge in [0.05, 0.1) is 12.6 Å². The Balaban J connectivity index is 2.06. The molecule has 1 amide bonds. The Hall–Kier alpha value is -1.22. The largest absolute Gasteiger partial charge is 0.497 e. The van der Waals surface area contributed by atoms with E-state index in [4.69, 9.17) is 16.3 Å². The number of rotatable bonds is 4. The highest BCUT2D eigenvalue weighted by molar-refractivity contribution is 6.19. The van der Waals surface area contributed by atoms with Gasteiger partial charge >= 0.3 is 0 Å². The van der Waals surface area contributed by atoms with Gasteiger partial charge in [0.25, 0.3) is 5.91 Å². The fourth-order valence-corrected chi connectivity index (χ4v) is 2.91. The van der Waals surface area contributed by atoms with Gasteiger partial charge in [-0.3, -0.25) is 4.79 Å². The molecule has 1 aliphatic carbocycles. The molecule has 1 N–H and O–H groups in total. The average Bonchev–Trinajstić information content (AvgIpc) is 2.48. The molecule has 1 aromatic rings. The molecule has 0 bridgehead atoms. The number of halogens is 1. The molecule has 0 radical (unpaired) electrons. The van der Waals surface area contributed by atoms with Crippen molar-refractivity contribution in [1.29, 1.82) is 0 Å². The summed E-state index contributed by atoms with van der Waals surface area (Å²) in [6, 6.07) is 7.14. The number of methoxy groups -OCH3 is 1. The van der Waals surface area contributed by atoms with E-state index in [1.54, 1.807) is 31.4 Å². The molecule has 1 fully saturated rings. The van der Waals surface area contributed by atoms with E-state index in [1.807, 2.05) is 0 Å². The predicted molar refractivity (Wildman–Crippen MR) is 77.0 cm³/mol. The normalized spacial score (nSPS) is 17.8. The third kappa shape index (κ3) is 3.41. The smallest absolute Gasteiger partial charge is 0.251 e. The Labute approximate surface area is 119 Å². The Morgan fingerprint density at radius 2 is 1.89 bits per heavy atom. The number of carbonyl (C=O) groups is 1. The van der Waals surface area contributed by atoms with Crippen LogP contribution in [0.2, 0.25) is 0 Å². The second kappa shape index (κ2) is 6.29. The van der Waals surface area contributed by atoms with Crippen LogP contribution in [0.1, 0.15) is 42.5 Å². The molecule has 0 spiro atoms. The first kappa shape index (κ1) is 14.2. The summed E-state index contributed by atoms with van der Waals surface area (Å²) in [6.07, 6.45) is 5.44. The Bertz CT molecular complexity index is 424. The Kier molecular flexibility index (Phi) is 4.70. The first-order chi connectivity index (χ1) is 9.19. The van der Waals surface area contributed by atoms with Crippen molar-refractivity contribution in [2.24, 2.45) is 0 Å². The minimum Gasteiger partial charge on any atom is -0.497 e. The summed E-state index contributed by atoms with van der Waals surface area (Å²) in [5.41, 5.74) is 0.424. The van der Waals surface area contributed by atoms with Gasteiger partial charge in [-0.15, -0.1) is 11.6 Å². The van der Waals surface area contributed by atoms with Crippen LogP contribution in [0, 0.1) is 0 Å². The van der Waals surface area contributed by atoms with Crippen LogP contribution in [0.15, 0.2) is 24.3 Å². The molecule has 0 aliphatic heterocycles. The van der Waals surface area contributed by atoms with Crippen LogP contribution in [-0.4, -0.2) is 24.4 Å². The lowest BCUT2D eigenvalue weighted by atomic mass is 9.83. The van der Waals surface area contributed by atoms with Crippen LogP contribution in [0.4, 0.5) is 0 Å². The van der Waals surface area contributed by atoms with Gasteiger partial charge in [-0.25, -0.2) is 0 Å². The fourth-order valence-electron chi connectivity index (χ4n) is 2.58. The number of hydrogen-bond donors (Lipinski definition) is 1. The molecule has 1 aliphatic rings. The molecule has 1 saturated carbocycles. The number of carbonyl (C=O) groups excluding carboxylic acids is 1. The van der Waals surface area contributed by atoms with Gasteiger partial charge in [-0.1, -0.05) is 19.3 Å². The summed E-state index contributed by atoms with van der Waals surface area (Å²) < 4.78 is 5.09. The van der Waals surface area contributed by atoms with Gasteiger partial charge in [0.15, 0.2) is 0 Å². The van der Waals surface area contributed by atoms with Gasteiger partial charge in [-0.05, 0) is 37.1 Å². The van der Waals surface area contributed by atoms with E-state index in [2.05, 4.69) is 5.32 Å². The van der Waals surface area contributed by atoms with Gasteiger partial charge in [0.2, 0.25) is 0 Å². The van der Waals surface area contributed by atoms with Crippen LogP contribution in [0.25, 0.3) is 0 Å². The second-order valence-electron chi connectivity index (χ2n) is 5.16. The summed E-state index contributed by atoms with van der Waals surface area (Å²) in [5, 5.41) is 3.12. The third-order valence-electron chi connectivity index (χ3n) is 3.80. The van der Waals surface area contributed by atoms with E-state index in [-0.39, 0.29) is 11.4 Å². The van der Waals surface area contributed by atoms with Crippen LogP contribution in [0.3, 0.4) is 0 Å². The van der Waals surface area contributed by atoms with Crippen molar-refractivity contribution >= 4 is 17.5 Å².